The summed E-state index contributed by atoms with van der Waals surface area (Å²) in [6.07, 6.45) is 1.83. The number of fused-ring (bicyclic) bond motifs is 1. The summed E-state index contributed by atoms with van der Waals surface area (Å²) in [6, 6.07) is 11.4. The van der Waals surface area contributed by atoms with Crippen LogP contribution in [-0.2, 0) is 0 Å². The van der Waals surface area contributed by atoms with E-state index in [0.717, 1.165) is 22.2 Å². The molecule has 3 aromatic rings. The van der Waals surface area contributed by atoms with Gasteiger partial charge in [-0.15, -0.1) is 0 Å². The molecule has 0 bridgehead atoms. The van der Waals surface area contributed by atoms with Crippen LogP contribution in [0.3, 0.4) is 0 Å². The number of benzene rings is 1. The maximum Gasteiger partial charge on any atom is 0.258 e. The van der Waals surface area contributed by atoms with Gasteiger partial charge in [-0.25, -0.2) is 4.98 Å². The van der Waals surface area contributed by atoms with Gasteiger partial charge in [0.1, 0.15) is 5.82 Å². The average molecular weight is 265 g/mol. The van der Waals surface area contributed by atoms with Crippen LogP contribution in [0.4, 0.5) is 5.82 Å². The number of anilines is 1. The predicted molar refractivity (Wildman–Crippen MR) is 80.0 cm³/mol. The maximum absolute atomic E-state index is 12.4. The lowest BCUT2D eigenvalue weighted by atomic mass is 10.1. The SMILES string of the molecule is Cc1cc(C)nc(NC(=O)c2cccc3cc[nH]c23)c1. The van der Waals surface area contributed by atoms with E-state index in [1.54, 1.807) is 6.07 Å². The molecule has 0 aliphatic heterocycles. The first-order valence-electron chi connectivity index (χ1n) is 6.46. The third-order valence-corrected chi connectivity index (χ3v) is 3.17. The zero-order chi connectivity index (χ0) is 14.1. The molecule has 0 aliphatic carbocycles. The van der Waals surface area contributed by atoms with E-state index in [1.807, 2.05) is 50.4 Å². The Hall–Kier alpha value is -2.62. The number of amides is 1. The fraction of sp³-hybridized carbons (Fsp3) is 0.125. The number of nitrogens with one attached hydrogen (secondary N) is 2. The van der Waals surface area contributed by atoms with E-state index in [1.165, 1.54) is 0 Å². The van der Waals surface area contributed by atoms with Crippen molar-refractivity contribution in [2.24, 2.45) is 0 Å². The summed E-state index contributed by atoms with van der Waals surface area (Å²) in [5, 5.41) is 3.87. The Balaban J connectivity index is 1.95. The summed E-state index contributed by atoms with van der Waals surface area (Å²) >= 11 is 0. The minimum absolute atomic E-state index is 0.157. The smallest absolute Gasteiger partial charge is 0.258 e. The van der Waals surface area contributed by atoms with Crippen molar-refractivity contribution in [2.75, 3.05) is 5.32 Å². The highest BCUT2D eigenvalue weighted by Crippen LogP contribution is 2.18. The van der Waals surface area contributed by atoms with Crippen LogP contribution in [-0.4, -0.2) is 15.9 Å². The Bertz CT molecular complexity index is 769. The Labute approximate surface area is 116 Å². The number of H-pyrrole nitrogens is 1. The van der Waals surface area contributed by atoms with Crippen LogP contribution in [0.15, 0.2) is 42.6 Å². The zero-order valence-electron chi connectivity index (χ0n) is 11.4. The molecule has 2 heterocycles. The van der Waals surface area contributed by atoms with Crippen molar-refractivity contribution in [1.29, 1.82) is 0 Å². The maximum atomic E-state index is 12.4. The fourth-order valence-electron chi connectivity index (χ4n) is 2.36. The van der Waals surface area contributed by atoms with Gasteiger partial charge in [-0.1, -0.05) is 12.1 Å². The van der Waals surface area contributed by atoms with Gasteiger partial charge in [0.25, 0.3) is 5.91 Å². The standard InChI is InChI=1S/C16H15N3O/c1-10-8-11(2)18-14(9-10)19-16(20)13-5-3-4-12-6-7-17-15(12)13/h3-9,17H,1-2H3,(H,18,19,20). The highest BCUT2D eigenvalue weighted by atomic mass is 16.1. The van der Waals surface area contributed by atoms with Crippen molar-refractivity contribution in [3.63, 3.8) is 0 Å². The third kappa shape index (κ3) is 2.28. The van der Waals surface area contributed by atoms with Crippen molar-refractivity contribution < 1.29 is 4.79 Å². The molecule has 0 aliphatic rings. The van der Waals surface area contributed by atoms with E-state index in [9.17, 15) is 4.79 Å². The van der Waals surface area contributed by atoms with Crippen LogP contribution < -0.4 is 5.32 Å². The van der Waals surface area contributed by atoms with Gasteiger partial charge in [0.2, 0.25) is 0 Å². The van der Waals surface area contributed by atoms with Gasteiger partial charge in [-0.05, 0) is 43.7 Å². The number of aromatic nitrogens is 2. The highest BCUT2D eigenvalue weighted by molar-refractivity contribution is 6.11. The molecule has 3 rings (SSSR count). The molecule has 0 unspecified atom stereocenters. The van der Waals surface area contributed by atoms with E-state index in [0.29, 0.717) is 11.4 Å². The second-order valence-corrected chi connectivity index (χ2v) is 4.87. The van der Waals surface area contributed by atoms with Crippen molar-refractivity contribution in [3.8, 4) is 0 Å². The molecule has 0 saturated heterocycles. The molecule has 2 aromatic heterocycles. The molecular weight excluding hydrogens is 250 g/mol. The molecule has 0 saturated carbocycles. The van der Waals surface area contributed by atoms with E-state index in [2.05, 4.69) is 15.3 Å². The summed E-state index contributed by atoms with van der Waals surface area (Å²) in [4.78, 5) is 19.8. The van der Waals surface area contributed by atoms with E-state index in [-0.39, 0.29) is 5.91 Å². The lowest BCUT2D eigenvalue weighted by molar-refractivity contribution is 0.102. The first-order chi connectivity index (χ1) is 9.63. The monoisotopic (exact) mass is 265 g/mol. The van der Waals surface area contributed by atoms with Crippen LogP contribution in [0.5, 0.6) is 0 Å². The predicted octanol–water partition coefficient (Wildman–Crippen LogP) is 3.43. The zero-order valence-corrected chi connectivity index (χ0v) is 11.4. The Morgan fingerprint density at radius 1 is 1.20 bits per heavy atom. The number of rotatable bonds is 2. The van der Waals surface area contributed by atoms with Gasteiger partial charge in [-0.2, -0.15) is 0 Å². The van der Waals surface area contributed by atoms with Gasteiger partial charge >= 0.3 is 0 Å². The lowest BCUT2D eigenvalue weighted by Crippen LogP contribution is -2.13. The number of hydrogen-bond donors (Lipinski definition) is 2. The molecule has 100 valence electrons. The number of pyridine rings is 1. The number of aromatic amines is 1. The van der Waals surface area contributed by atoms with Gasteiger partial charge in [-0.3, -0.25) is 4.79 Å². The second kappa shape index (κ2) is 4.81. The first kappa shape index (κ1) is 12.4. The number of hydrogen-bond acceptors (Lipinski definition) is 2. The third-order valence-electron chi connectivity index (χ3n) is 3.17. The minimum atomic E-state index is -0.157. The quantitative estimate of drug-likeness (QED) is 0.745. The minimum Gasteiger partial charge on any atom is -0.361 e. The van der Waals surface area contributed by atoms with Crippen LogP contribution in [0.1, 0.15) is 21.6 Å². The normalized spacial score (nSPS) is 10.7. The van der Waals surface area contributed by atoms with Crippen LogP contribution in [0.2, 0.25) is 0 Å². The van der Waals surface area contributed by atoms with Gasteiger partial charge in [0.05, 0.1) is 11.1 Å². The molecule has 0 radical (unpaired) electrons. The topological polar surface area (TPSA) is 57.8 Å². The fourth-order valence-corrected chi connectivity index (χ4v) is 2.36. The van der Waals surface area contributed by atoms with Crippen molar-refractivity contribution in [3.05, 3.63) is 59.4 Å². The molecule has 4 nitrogen and oxygen atoms in total. The average Bonchev–Trinajstić information content (AvgIpc) is 2.85. The molecule has 0 atom stereocenters. The summed E-state index contributed by atoms with van der Waals surface area (Å²) in [7, 11) is 0. The van der Waals surface area contributed by atoms with Crippen LogP contribution >= 0.6 is 0 Å². The Morgan fingerprint density at radius 3 is 2.85 bits per heavy atom. The molecule has 2 N–H and O–H groups in total. The number of carbonyl (C=O) groups excluding carboxylic acids is 1. The summed E-state index contributed by atoms with van der Waals surface area (Å²) in [5.74, 6) is 0.423. The van der Waals surface area contributed by atoms with Crippen LogP contribution in [0, 0.1) is 13.8 Å². The first-order valence-corrected chi connectivity index (χ1v) is 6.46. The lowest BCUT2D eigenvalue weighted by Gasteiger charge is -2.07. The molecule has 0 spiro atoms. The van der Waals surface area contributed by atoms with Gasteiger partial charge in [0.15, 0.2) is 0 Å². The van der Waals surface area contributed by atoms with Crippen molar-refractivity contribution in [1.82, 2.24) is 9.97 Å². The summed E-state index contributed by atoms with van der Waals surface area (Å²) in [6.45, 7) is 3.89. The second-order valence-electron chi connectivity index (χ2n) is 4.87. The largest absolute Gasteiger partial charge is 0.361 e. The molecule has 20 heavy (non-hydrogen) atoms. The number of aryl methyl sites for hydroxylation is 2. The molecule has 0 fully saturated rings. The van der Waals surface area contributed by atoms with E-state index >= 15 is 0 Å². The Kier molecular flexibility index (Phi) is 2.99. The molecular formula is C16H15N3O. The summed E-state index contributed by atoms with van der Waals surface area (Å²) < 4.78 is 0. The van der Waals surface area contributed by atoms with Crippen molar-refractivity contribution >= 4 is 22.6 Å². The number of carbonyl (C=O) groups is 1. The van der Waals surface area contributed by atoms with Gasteiger partial charge < -0.3 is 10.3 Å². The number of nitrogens with zero attached hydrogens (tertiary/aromatic N) is 1. The van der Waals surface area contributed by atoms with Crippen LogP contribution in [0.25, 0.3) is 10.9 Å². The molecule has 1 amide bonds. The molecule has 1 aromatic carbocycles. The van der Waals surface area contributed by atoms with Gasteiger partial charge in [0, 0.05) is 17.3 Å². The summed E-state index contributed by atoms with van der Waals surface area (Å²) in [5.41, 5.74) is 3.42. The van der Waals surface area contributed by atoms with E-state index in [4.69, 9.17) is 0 Å². The number of para-hydroxylation sites is 1. The highest BCUT2D eigenvalue weighted by Gasteiger charge is 2.11. The van der Waals surface area contributed by atoms with E-state index < -0.39 is 0 Å². The Morgan fingerprint density at radius 2 is 2.05 bits per heavy atom. The van der Waals surface area contributed by atoms with Crippen molar-refractivity contribution in [2.45, 2.75) is 13.8 Å². The molecule has 4 heteroatoms.